The van der Waals surface area contributed by atoms with Crippen LogP contribution in [0.15, 0.2) is 24.3 Å². The van der Waals surface area contributed by atoms with Crippen molar-refractivity contribution in [2.45, 2.75) is 19.1 Å². The van der Waals surface area contributed by atoms with Crippen LogP contribution in [0.3, 0.4) is 0 Å². The van der Waals surface area contributed by atoms with Crippen LogP contribution in [-0.4, -0.2) is 10.7 Å². The third-order valence-electron chi connectivity index (χ3n) is 1.99. The number of benzene rings is 1. The standard InChI is InChI=1S/C10H13NO2S/c1-3-14-8(2)9-4-6-10(7-5-9)11(12)13/h4-8H,3H2,1-2H3. The maximum atomic E-state index is 10.4. The van der Waals surface area contributed by atoms with E-state index in [4.69, 9.17) is 0 Å². The van der Waals surface area contributed by atoms with Gasteiger partial charge in [0.25, 0.3) is 5.69 Å². The number of nitrogens with zero attached hydrogens (tertiary/aromatic N) is 1. The summed E-state index contributed by atoms with van der Waals surface area (Å²) >= 11 is 1.83. The Kier molecular flexibility index (Phi) is 3.95. The first kappa shape index (κ1) is 11.0. The van der Waals surface area contributed by atoms with Gasteiger partial charge in [0.15, 0.2) is 0 Å². The zero-order valence-corrected chi connectivity index (χ0v) is 9.08. The van der Waals surface area contributed by atoms with Crippen LogP contribution in [0.4, 0.5) is 5.69 Å². The molecule has 1 unspecified atom stereocenters. The lowest BCUT2D eigenvalue weighted by atomic mass is 10.1. The molecule has 0 bridgehead atoms. The molecule has 0 saturated carbocycles. The molecule has 1 rings (SSSR count). The summed E-state index contributed by atoms with van der Waals surface area (Å²) in [5.41, 5.74) is 1.30. The first-order chi connectivity index (χ1) is 6.65. The van der Waals surface area contributed by atoms with Crippen molar-refractivity contribution in [3.63, 3.8) is 0 Å². The van der Waals surface area contributed by atoms with E-state index in [1.807, 2.05) is 23.9 Å². The molecule has 1 aromatic carbocycles. The molecule has 0 N–H and O–H groups in total. The van der Waals surface area contributed by atoms with E-state index in [2.05, 4.69) is 13.8 Å². The van der Waals surface area contributed by atoms with Crippen molar-refractivity contribution in [2.24, 2.45) is 0 Å². The Hall–Kier alpha value is -1.03. The summed E-state index contributed by atoms with van der Waals surface area (Å²) < 4.78 is 0. The monoisotopic (exact) mass is 211 g/mol. The highest BCUT2D eigenvalue weighted by Crippen LogP contribution is 2.28. The number of non-ortho nitro benzene ring substituents is 1. The SMILES string of the molecule is CCSC(C)c1ccc([N+](=O)[O-])cc1. The van der Waals surface area contributed by atoms with Crippen molar-refractivity contribution in [1.82, 2.24) is 0 Å². The van der Waals surface area contributed by atoms with E-state index in [9.17, 15) is 10.1 Å². The zero-order valence-electron chi connectivity index (χ0n) is 8.27. The fourth-order valence-electron chi connectivity index (χ4n) is 1.21. The van der Waals surface area contributed by atoms with Crippen LogP contribution in [0.2, 0.25) is 0 Å². The predicted octanol–water partition coefficient (Wildman–Crippen LogP) is 3.41. The first-order valence-electron chi connectivity index (χ1n) is 4.51. The number of rotatable bonds is 4. The maximum absolute atomic E-state index is 10.4. The summed E-state index contributed by atoms with van der Waals surface area (Å²) in [4.78, 5) is 10.0. The largest absolute Gasteiger partial charge is 0.269 e. The Balaban J connectivity index is 2.77. The predicted molar refractivity (Wildman–Crippen MR) is 59.6 cm³/mol. The van der Waals surface area contributed by atoms with Gasteiger partial charge in [-0.3, -0.25) is 10.1 Å². The van der Waals surface area contributed by atoms with E-state index in [1.165, 1.54) is 0 Å². The van der Waals surface area contributed by atoms with Crippen molar-refractivity contribution >= 4 is 17.4 Å². The van der Waals surface area contributed by atoms with E-state index in [1.54, 1.807) is 12.1 Å². The molecule has 0 spiro atoms. The van der Waals surface area contributed by atoms with Gasteiger partial charge in [-0.25, -0.2) is 0 Å². The lowest BCUT2D eigenvalue weighted by molar-refractivity contribution is -0.384. The molecule has 0 saturated heterocycles. The molecule has 0 aliphatic carbocycles. The second kappa shape index (κ2) is 5.00. The summed E-state index contributed by atoms with van der Waals surface area (Å²) in [6, 6.07) is 6.76. The van der Waals surface area contributed by atoms with Gasteiger partial charge in [-0.1, -0.05) is 19.1 Å². The molecule has 0 amide bonds. The molecule has 4 heteroatoms. The Morgan fingerprint density at radius 1 is 1.43 bits per heavy atom. The average Bonchev–Trinajstić information content (AvgIpc) is 2.18. The quantitative estimate of drug-likeness (QED) is 0.566. The van der Waals surface area contributed by atoms with Crippen molar-refractivity contribution in [3.05, 3.63) is 39.9 Å². The molecule has 1 atom stereocenters. The maximum Gasteiger partial charge on any atom is 0.269 e. The minimum Gasteiger partial charge on any atom is -0.258 e. The Bertz CT molecular complexity index is 310. The average molecular weight is 211 g/mol. The minimum atomic E-state index is -0.374. The van der Waals surface area contributed by atoms with E-state index in [0.29, 0.717) is 5.25 Å². The van der Waals surface area contributed by atoms with Gasteiger partial charge in [0, 0.05) is 17.4 Å². The zero-order chi connectivity index (χ0) is 10.6. The molecule has 1 aromatic rings. The van der Waals surface area contributed by atoms with Crippen LogP contribution in [0.25, 0.3) is 0 Å². The lowest BCUT2D eigenvalue weighted by Gasteiger charge is -2.09. The summed E-state index contributed by atoms with van der Waals surface area (Å²) in [5.74, 6) is 1.05. The van der Waals surface area contributed by atoms with Gasteiger partial charge in [0.1, 0.15) is 0 Å². The smallest absolute Gasteiger partial charge is 0.258 e. The minimum absolute atomic E-state index is 0.155. The van der Waals surface area contributed by atoms with E-state index >= 15 is 0 Å². The van der Waals surface area contributed by atoms with Crippen LogP contribution in [0.5, 0.6) is 0 Å². The second-order valence-corrected chi connectivity index (χ2v) is 4.56. The highest BCUT2D eigenvalue weighted by Gasteiger charge is 2.08. The molecule has 0 aliphatic rings. The van der Waals surface area contributed by atoms with E-state index in [0.717, 1.165) is 11.3 Å². The molecule has 0 heterocycles. The van der Waals surface area contributed by atoms with Crippen LogP contribution in [0.1, 0.15) is 24.7 Å². The van der Waals surface area contributed by atoms with Crippen LogP contribution >= 0.6 is 11.8 Å². The number of nitro benzene ring substituents is 1. The summed E-state index contributed by atoms with van der Waals surface area (Å²) in [6.07, 6.45) is 0. The fraction of sp³-hybridized carbons (Fsp3) is 0.400. The topological polar surface area (TPSA) is 43.1 Å². The highest BCUT2D eigenvalue weighted by molar-refractivity contribution is 7.99. The fourth-order valence-corrected chi connectivity index (χ4v) is 2.06. The van der Waals surface area contributed by atoms with Crippen molar-refractivity contribution < 1.29 is 4.92 Å². The third-order valence-corrected chi connectivity index (χ3v) is 3.10. The number of thioether (sulfide) groups is 1. The summed E-state index contributed by atoms with van der Waals surface area (Å²) in [7, 11) is 0. The van der Waals surface area contributed by atoms with E-state index in [-0.39, 0.29) is 10.6 Å². The molecule has 0 radical (unpaired) electrons. The van der Waals surface area contributed by atoms with Gasteiger partial charge in [-0.2, -0.15) is 11.8 Å². The molecule has 0 aliphatic heterocycles. The van der Waals surface area contributed by atoms with Gasteiger partial charge in [-0.05, 0) is 18.2 Å². The van der Waals surface area contributed by atoms with Crippen molar-refractivity contribution in [1.29, 1.82) is 0 Å². The molecule has 76 valence electrons. The normalized spacial score (nSPS) is 12.4. The Morgan fingerprint density at radius 2 is 2.00 bits per heavy atom. The molecule has 0 aromatic heterocycles. The summed E-state index contributed by atoms with van der Waals surface area (Å²) in [6.45, 7) is 4.21. The third kappa shape index (κ3) is 2.73. The number of nitro groups is 1. The number of hydrogen-bond acceptors (Lipinski definition) is 3. The second-order valence-electron chi connectivity index (χ2n) is 2.95. The van der Waals surface area contributed by atoms with Gasteiger partial charge in [0.05, 0.1) is 4.92 Å². The van der Waals surface area contributed by atoms with Crippen molar-refractivity contribution in [2.75, 3.05) is 5.75 Å². The molecule has 0 fully saturated rings. The summed E-state index contributed by atoms with van der Waals surface area (Å²) in [5, 5.41) is 10.8. The molecule has 14 heavy (non-hydrogen) atoms. The first-order valence-corrected chi connectivity index (χ1v) is 5.56. The van der Waals surface area contributed by atoms with Crippen LogP contribution in [0, 0.1) is 10.1 Å². The van der Waals surface area contributed by atoms with Gasteiger partial charge in [-0.15, -0.1) is 0 Å². The lowest BCUT2D eigenvalue weighted by Crippen LogP contribution is -1.91. The highest BCUT2D eigenvalue weighted by atomic mass is 32.2. The van der Waals surface area contributed by atoms with Gasteiger partial charge in [0.2, 0.25) is 0 Å². The molecular formula is C10H13NO2S. The Morgan fingerprint density at radius 3 is 2.43 bits per heavy atom. The van der Waals surface area contributed by atoms with Gasteiger partial charge < -0.3 is 0 Å². The van der Waals surface area contributed by atoms with E-state index < -0.39 is 0 Å². The van der Waals surface area contributed by atoms with Gasteiger partial charge >= 0.3 is 0 Å². The van der Waals surface area contributed by atoms with Crippen LogP contribution in [-0.2, 0) is 0 Å². The number of hydrogen-bond donors (Lipinski definition) is 0. The molecule has 3 nitrogen and oxygen atoms in total. The van der Waals surface area contributed by atoms with Crippen LogP contribution < -0.4 is 0 Å². The Labute approximate surface area is 87.7 Å². The van der Waals surface area contributed by atoms with Crippen molar-refractivity contribution in [3.8, 4) is 0 Å². The molecular weight excluding hydrogens is 198 g/mol.